The molecular weight excluding hydrogens is 246 g/mol. The first kappa shape index (κ1) is 17.9. The topological polar surface area (TPSA) is 18.5 Å². The van der Waals surface area contributed by atoms with Crippen LogP contribution in [-0.2, 0) is 0 Å². The zero-order valence-electron chi connectivity index (χ0n) is 14.2. The van der Waals surface area contributed by atoms with Crippen molar-refractivity contribution in [3.63, 3.8) is 0 Å². The zero-order valence-corrected chi connectivity index (χ0v) is 14.2. The predicted octanol–water partition coefficient (Wildman–Crippen LogP) is 2.82. The largest absolute Gasteiger partial charge is 0.316 e. The minimum atomic E-state index is 0.777. The second kappa shape index (κ2) is 11.5. The molecule has 1 aliphatic heterocycles. The molecule has 3 nitrogen and oxygen atoms in total. The maximum atomic E-state index is 3.52. The molecule has 0 unspecified atom stereocenters. The molecule has 120 valence electrons. The fourth-order valence-electron chi connectivity index (χ4n) is 2.81. The van der Waals surface area contributed by atoms with E-state index in [1.807, 2.05) is 0 Å². The van der Waals surface area contributed by atoms with Crippen molar-refractivity contribution >= 4 is 0 Å². The van der Waals surface area contributed by atoms with E-state index in [1.54, 1.807) is 0 Å². The minimum absolute atomic E-state index is 0.777. The number of hydrogen-bond donors (Lipinski definition) is 1. The number of rotatable bonds is 12. The first-order valence-electron chi connectivity index (χ1n) is 8.80. The highest BCUT2D eigenvalue weighted by Crippen LogP contribution is 2.07. The van der Waals surface area contributed by atoms with Crippen molar-refractivity contribution in [2.45, 2.75) is 52.4 Å². The van der Waals surface area contributed by atoms with Crippen LogP contribution in [0.4, 0.5) is 0 Å². The van der Waals surface area contributed by atoms with Crippen molar-refractivity contribution < 1.29 is 0 Å². The van der Waals surface area contributed by atoms with Gasteiger partial charge in [-0.2, -0.15) is 0 Å². The molecule has 0 spiro atoms. The van der Waals surface area contributed by atoms with Gasteiger partial charge in [0.25, 0.3) is 0 Å². The van der Waals surface area contributed by atoms with Crippen LogP contribution >= 0.6 is 0 Å². The maximum Gasteiger partial charge on any atom is 0.0109 e. The van der Waals surface area contributed by atoms with E-state index >= 15 is 0 Å². The van der Waals surface area contributed by atoms with Gasteiger partial charge < -0.3 is 15.1 Å². The van der Waals surface area contributed by atoms with E-state index < -0.39 is 0 Å². The van der Waals surface area contributed by atoms with E-state index in [4.69, 9.17) is 0 Å². The molecule has 1 N–H and O–H groups in total. The van der Waals surface area contributed by atoms with E-state index in [9.17, 15) is 0 Å². The van der Waals surface area contributed by atoms with Crippen LogP contribution in [-0.4, -0.2) is 62.7 Å². The van der Waals surface area contributed by atoms with Crippen molar-refractivity contribution in [1.82, 2.24) is 15.1 Å². The summed E-state index contributed by atoms with van der Waals surface area (Å²) in [5.41, 5.74) is 0. The van der Waals surface area contributed by atoms with Gasteiger partial charge >= 0.3 is 0 Å². The van der Waals surface area contributed by atoms with Crippen LogP contribution in [0.25, 0.3) is 0 Å². The molecule has 0 aromatic carbocycles. The molecule has 0 bridgehead atoms. The van der Waals surface area contributed by atoms with Crippen LogP contribution in [0.2, 0.25) is 0 Å². The molecule has 3 heteroatoms. The number of nitrogens with zero attached hydrogens (tertiary/aromatic N) is 2. The molecule has 0 saturated carbocycles. The summed E-state index contributed by atoms with van der Waals surface area (Å²) in [6, 6.07) is 0. The van der Waals surface area contributed by atoms with E-state index in [2.05, 4.69) is 36.0 Å². The van der Waals surface area contributed by atoms with Crippen molar-refractivity contribution in [2.24, 2.45) is 5.92 Å². The molecule has 1 rings (SSSR count). The number of nitrogens with one attached hydrogen (secondary N) is 1. The lowest BCUT2D eigenvalue weighted by molar-refractivity contribution is 0.253. The Hall–Kier alpha value is -0.120. The van der Waals surface area contributed by atoms with E-state index in [1.165, 1.54) is 84.3 Å². The quantitative estimate of drug-likeness (QED) is 0.556. The van der Waals surface area contributed by atoms with Crippen LogP contribution in [0.1, 0.15) is 52.4 Å². The molecule has 0 radical (unpaired) electrons. The molecule has 1 heterocycles. The Morgan fingerprint density at radius 3 is 2.40 bits per heavy atom. The van der Waals surface area contributed by atoms with Gasteiger partial charge in [0.15, 0.2) is 0 Å². The van der Waals surface area contributed by atoms with Gasteiger partial charge in [-0.25, -0.2) is 0 Å². The van der Waals surface area contributed by atoms with Gasteiger partial charge in [-0.3, -0.25) is 0 Å². The standard InChI is InChI=1S/C17H37N3/c1-17(2)16-18-10-6-4-5-7-11-19(3)14-15-20-12-8-9-13-20/h17-18H,4-16H2,1-3H3. The molecular formula is C17H37N3. The minimum Gasteiger partial charge on any atom is -0.316 e. The lowest BCUT2D eigenvalue weighted by Crippen LogP contribution is -2.31. The Morgan fingerprint density at radius 2 is 1.70 bits per heavy atom. The molecule has 1 fully saturated rings. The lowest BCUT2D eigenvalue weighted by Gasteiger charge is -2.21. The van der Waals surface area contributed by atoms with E-state index in [0.29, 0.717) is 0 Å². The van der Waals surface area contributed by atoms with Crippen LogP contribution in [0.15, 0.2) is 0 Å². The fourth-order valence-corrected chi connectivity index (χ4v) is 2.81. The molecule has 0 atom stereocenters. The van der Waals surface area contributed by atoms with Crippen LogP contribution in [0, 0.1) is 5.92 Å². The molecule has 20 heavy (non-hydrogen) atoms. The first-order chi connectivity index (χ1) is 9.68. The summed E-state index contributed by atoms with van der Waals surface area (Å²) in [4.78, 5) is 5.12. The van der Waals surface area contributed by atoms with Gasteiger partial charge in [0, 0.05) is 13.1 Å². The fraction of sp³-hybridized carbons (Fsp3) is 1.00. The molecule has 1 saturated heterocycles. The lowest BCUT2D eigenvalue weighted by atomic mass is 10.2. The second-order valence-corrected chi connectivity index (χ2v) is 6.86. The van der Waals surface area contributed by atoms with Gasteiger partial charge in [0.2, 0.25) is 0 Å². The zero-order chi connectivity index (χ0) is 14.6. The SMILES string of the molecule is CC(C)CNCCCCCCN(C)CCN1CCCC1. The summed E-state index contributed by atoms with van der Waals surface area (Å²) in [7, 11) is 2.28. The van der Waals surface area contributed by atoms with Gasteiger partial charge in [0.1, 0.15) is 0 Å². The second-order valence-electron chi connectivity index (χ2n) is 6.86. The average Bonchev–Trinajstić information content (AvgIpc) is 2.92. The van der Waals surface area contributed by atoms with Gasteiger partial charge in [0.05, 0.1) is 0 Å². The first-order valence-corrected chi connectivity index (χ1v) is 8.80. The Balaban J connectivity index is 1.80. The summed E-state index contributed by atoms with van der Waals surface area (Å²) in [6.07, 6.45) is 8.29. The van der Waals surface area contributed by atoms with Crippen molar-refractivity contribution in [3.05, 3.63) is 0 Å². The van der Waals surface area contributed by atoms with Crippen molar-refractivity contribution in [1.29, 1.82) is 0 Å². The van der Waals surface area contributed by atoms with E-state index in [-0.39, 0.29) is 0 Å². The Bertz CT molecular complexity index is 212. The normalized spacial score (nSPS) is 16.6. The van der Waals surface area contributed by atoms with Crippen LogP contribution in [0.3, 0.4) is 0 Å². The highest BCUT2D eigenvalue weighted by molar-refractivity contribution is 4.67. The molecule has 0 aliphatic carbocycles. The van der Waals surface area contributed by atoms with E-state index in [0.717, 1.165) is 5.92 Å². The summed E-state index contributed by atoms with van der Waals surface area (Å²) < 4.78 is 0. The third kappa shape index (κ3) is 9.73. The Kier molecular flexibility index (Phi) is 10.3. The average molecular weight is 284 g/mol. The molecule has 1 aliphatic rings. The van der Waals surface area contributed by atoms with Gasteiger partial charge in [-0.1, -0.05) is 26.7 Å². The Labute approximate surface area is 127 Å². The van der Waals surface area contributed by atoms with Crippen LogP contribution in [0.5, 0.6) is 0 Å². The summed E-state index contributed by atoms with van der Waals surface area (Å²) in [5, 5.41) is 3.52. The number of likely N-dealkylation sites (tertiary alicyclic amines) is 1. The number of unbranched alkanes of at least 4 members (excludes halogenated alkanes) is 3. The maximum absolute atomic E-state index is 3.52. The summed E-state index contributed by atoms with van der Waals surface area (Å²) in [5.74, 6) is 0.777. The van der Waals surface area contributed by atoms with Crippen LogP contribution < -0.4 is 5.32 Å². The smallest absolute Gasteiger partial charge is 0.0109 e. The van der Waals surface area contributed by atoms with Crippen molar-refractivity contribution in [3.8, 4) is 0 Å². The number of hydrogen-bond acceptors (Lipinski definition) is 3. The molecule has 0 aromatic heterocycles. The Morgan fingerprint density at radius 1 is 1.00 bits per heavy atom. The van der Waals surface area contributed by atoms with Gasteiger partial charge in [-0.15, -0.1) is 0 Å². The summed E-state index contributed by atoms with van der Waals surface area (Å²) >= 11 is 0. The van der Waals surface area contributed by atoms with Gasteiger partial charge in [-0.05, 0) is 71.4 Å². The third-order valence-corrected chi connectivity index (χ3v) is 4.19. The monoisotopic (exact) mass is 283 g/mol. The molecule has 0 amide bonds. The third-order valence-electron chi connectivity index (χ3n) is 4.19. The molecule has 0 aromatic rings. The van der Waals surface area contributed by atoms with Crippen molar-refractivity contribution in [2.75, 3.05) is 52.9 Å². The number of likely N-dealkylation sites (N-methyl/N-ethyl adjacent to an activating group) is 1. The summed E-state index contributed by atoms with van der Waals surface area (Å²) in [6.45, 7) is 13.4. The highest BCUT2D eigenvalue weighted by Gasteiger charge is 2.11. The predicted molar refractivity (Wildman–Crippen MR) is 89.3 cm³/mol. The highest BCUT2D eigenvalue weighted by atomic mass is 15.2.